The van der Waals surface area contributed by atoms with Crippen LogP contribution in [0.1, 0.15) is 39.0 Å². The van der Waals surface area contributed by atoms with Gasteiger partial charge in [-0.1, -0.05) is 6.92 Å². The summed E-state index contributed by atoms with van der Waals surface area (Å²) in [6.45, 7) is 5.10. The molecule has 0 aromatic heterocycles. The van der Waals surface area contributed by atoms with Gasteiger partial charge in [-0.05, 0) is 45.2 Å². The molecule has 120 valence electrons. The first-order valence-electron chi connectivity index (χ1n) is 7.88. The molecular weight excluding hydrogens is 272 g/mol. The van der Waals surface area contributed by atoms with Crippen LogP contribution in [0.5, 0.6) is 0 Å². The van der Waals surface area contributed by atoms with Crippen molar-refractivity contribution in [2.75, 3.05) is 32.8 Å². The van der Waals surface area contributed by atoms with E-state index >= 15 is 0 Å². The Labute approximate surface area is 125 Å². The van der Waals surface area contributed by atoms with Crippen LogP contribution in [-0.4, -0.2) is 60.8 Å². The van der Waals surface area contributed by atoms with Gasteiger partial charge in [0.25, 0.3) is 0 Å². The van der Waals surface area contributed by atoms with Gasteiger partial charge in [-0.3, -0.25) is 14.5 Å². The van der Waals surface area contributed by atoms with E-state index in [-0.39, 0.29) is 11.9 Å². The zero-order valence-electron chi connectivity index (χ0n) is 12.8. The molecule has 2 heterocycles. The molecule has 0 atom stereocenters. The van der Waals surface area contributed by atoms with Crippen molar-refractivity contribution < 1.29 is 19.4 Å². The standard InChI is InChI=1S/C15H26N2O4/c1-2-15(14(19)20)5-7-17(8-6-15)11-13(18)16-12-3-9-21-10-4-12/h12H,2-11H2,1H3,(H,16,18)(H,19,20). The summed E-state index contributed by atoms with van der Waals surface area (Å²) in [5.74, 6) is -0.655. The molecule has 2 saturated heterocycles. The van der Waals surface area contributed by atoms with Gasteiger partial charge in [-0.25, -0.2) is 0 Å². The number of hydrogen-bond acceptors (Lipinski definition) is 4. The Bertz CT molecular complexity index is 372. The minimum atomic E-state index is -0.698. The molecule has 6 heteroatoms. The number of carbonyl (C=O) groups is 2. The highest BCUT2D eigenvalue weighted by atomic mass is 16.5. The molecule has 2 aliphatic rings. The zero-order valence-corrected chi connectivity index (χ0v) is 12.8. The summed E-state index contributed by atoms with van der Waals surface area (Å²) in [7, 11) is 0. The molecule has 2 fully saturated rings. The molecule has 2 N–H and O–H groups in total. The van der Waals surface area contributed by atoms with Crippen LogP contribution in [0.3, 0.4) is 0 Å². The van der Waals surface area contributed by atoms with Gasteiger partial charge < -0.3 is 15.2 Å². The lowest BCUT2D eigenvalue weighted by Crippen LogP contribution is -2.49. The quantitative estimate of drug-likeness (QED) is 0.787. The second-order valence-corrected chi connectivity index (χ2v) is 6.17. The molecule has 0 aliphatic carbocycles. The summed E-state index contributed by atoms with van der Waals surface area (Å²) in [5, 5.41) is 12.4. The van der Waals surface area contributed by atoms with E-state index in [0.717, 1.165) is 12.8 Å². The fourth-order valence-electron chi connectivity index (χ4n) is 3.18. The lowest BCUT2D eigenvalue weighted by molar-refractivity contribution is -0.152. The predicted octanol–water partition coefficient (Wildman–Crippen LogP) is 0.858. The van der Waals surface area contributed by atoms with Crippen LogP contribution in [0, 0.1) is 5.41 Å². The van der Waals surface area contributed by atoms with Crippen LogP contribution in [0.2, 0.25) is 0 Å². The number of rotatable bonds is 5. The fourth-order valence-corrected chi connectivity index (χ4v) is 3.18. The highest BCUT2D eigenvalue weighted by Gasteiger charge is 2.40. The largest absolute Gasteiger partial charge is 0.481 e. The van der Waals surface area contributed by atoms with E-state index in [1.165, 1.54) is 0 Å². The maximum absolute atomic E-state index is 12.0. The summed E-state index contributed by atoms with van der Waals surface area (Å²) < 4.78 is 5.27. The Kier molecular flexibility index (Phi) is 5.58. The second kappa shape index (κ2) is 7.22. The highest BCUT2D eigenvalue weighted by Crippen LogP contribution is 2.34. The molecular formula is C15H26N2O4. The fraction of sp³-hybridized carbons (Fsp3) is 0.867. The maximum atomic E-state index is 12.0. The third-order valence-corrected chi connectivity index (χ3v) is 4.90. The first kappa shape index (κ1) is 16.2. The molecule has 0 unspecified atom stereocenters. The van der Waals surface area contributed by atoms with E-state index in [4.69, 9.17) is 4.74 Å². The average Bonchev–Trinajstić information content (AvgIpc) is 2.49. The maximum Gasteiger partial charge on any atom is 0.309 e. The predicted molar refractivity (Wildman–Crippen MR) is 78.0 cm³/mol. The van der Waals surface area contributed by atoms with Gasteiger partial charge in [0.2, 0.25) is 5.91 Å². The molecule has 1 amide bonds. The van der Waals surface area contributed by atoms with Crippen LogP contribution in [0.25, 0.3) is 0 Å². The Morgan fingerprint density at radius 2 is 1.90 bits per heavy atom. The average molecular weight is 298 g/mol. The molecule has 0 radical (unpaired) electrons. The SMILES string of the molecule is CCC1(C(=O)O)CCN(CC(=O)NC2CCOCC2)CC1. The van der Waals surface area contributed by atoms with Crippen LogP contribution in [-0.2, 0) is 14.3 Å². The molecule has 21 heavy (non-hydrogen) atoms. The number of carboxylic acids is 1. The summed E-state index contributed by atoms with van der Waals surface area (Å²) in [4.78, 5) is 25.5. The third-order valence-electron chi connectivity index (χ3n) is 4.90. The number of nitrogens with one attached hydrogen (secondary N) is 1. The van der Waals surface area contributed by atoms with Crippen LogP contribution < -0.4 is 5.32 Å². The lowest BCUT2D eigenvalue weighted by Gasteiger charge is -2.38. The molecule has 2 rings (SSSR count). The molecule has 6 nitrogen and oxygen atoms in total. The van der Waals surface area contributed by atoms with Crippen molar-refractivity contribution in [2.45, 2.75) is 45.1 Å². The van der Waals surface area contributed by atoms with Crippen molar-refractivity contribution in [3.8, 4) is 0 Å². The summed E-state index contributed by atoms with van der Waals surface area (Å²) in [6, 6.07) is 0.227. The summed E-state index contributed by atoms with van der Waals surface area (Å²) >= 11 is 0. The van der Waals surface area contributed by atoms with E-state index in [9.17, 15) is 14.7 Å². The van der Waals surface area contributed by atoms with Gasteiger partial charge >= 0.3 is 5.97 Å². The smallest absolute Gasteiger partial charge is 0.309 e. The van der Waals surface area contributed by atoms with Crippen molar-refractivity contribution in [2.24, 2.45) is 5.41 Å². The first-order valence-corrected chi connectivity index (χ1v) is 7.88. The minimum Gasteiger partial charge on any atom is -0.481 e. The molecule has 0 spiro atoms. The van der Waals surface area contributed by atoms with Gasteiger partial charge in [0.15, 0.2) is 0 Å². The van der Waals surface area contributed by atoms with Crippen LogP contribution in [0.4, 0.5) is 0 Å². The summed E-state index contributed by atoms with van der Waals surface area (Å²) in [5.41, 5.74) is -0.590. The molecule has 0 aromatic rings. The van der Waals surface area contributed by atoms with Crippen molar-refractivity contribution >= 4 is 11.9 Å². The Morgan fingerprint density at radius 1 is 1.29 bits per heavy atom. The molecule has 0 bridgehead atoms. The monoisotopic (exact) mass is 298 g/mol. The third kappa shape index (κ3) is 4.17. The Hall–Kier alpha value is -1.14. The van der Waals surface area contributed by atoms with Crippen molar-refractivity contribution in [1.82, 2.24) is 10.2 Å². The number of likely N-dealkylation sites (tertiary alicyclic amines) is 1. The molecule has 0 aromatic carbocycles. The van der Waals surface area contributed by atoms with E-state index in [1.807, 2.05) is 6.92 Å². The Balaban J connectivity index is 1.75. The van der Waals surface area contributed by atoms with Gasteiger partial charge in [0, 0.05) is 19.3 Å². The topological polar surface area (TPSA) is 78.9 Å². The van der Waals surface area contributed by atoms with Crippen molar-refractivity contribution in [1.29, 1.82) is 0 Å². The van der Waals surface area contributed by atoms with Gasteiger partial charge in [-0.15, -0.1) is 0 Å². The number of nitrogens with zero attached hydrogens (tertiary/aromatic N) is 1. The van der Waals surface area contributed by atoms with Crippen LogP contribution in [0.15, 0.2) is 0 Å². The van der Waals surface area contributed by atoms with Gasteiger partial charge in [0.05, 0.1) is 12.0 Å². The van der Waals surface area contributed by atoms with E-state index < -0.39 is 11.4 Å². The zero-order chi connectivity index (χ0) is 15.3. The highest BCUT2D eigenvalue weighted by molar-refractivity contribution is 5.78. The number of hydrogen-bond donors (Lipinski definition) is 2. The molecule has 2 aliphatic heterocycles. The minimum absolute atomic E-state index is 0.0428. The number of carboxylic acid groups (broad SMARTS) is 1. The van der Waals surface area contributed by atoms with E-state index in [2.05, 4.69) is 10.2 Å². The van der Waals surface area contributed by atoms with Crippen molar-refractivity contribution in [3.63, 3.8) is 0 Å². The van der Waals surface area contributed by atoms with Gasteiger partial charge in [0.1, 0.15) is 0 Å². The number of amides is 1. The van der Waals surface area contributed by atoms with E-state index in [0.29, 0.717) is 52.1 Å². The molecule has 0 saturated carbocycles. The number of carbonyl (C=O) groups excluding carboxylic acids is 1. The van der Waals surface area contributed by atoms with Gasteiger partial charge in [-0.2, -0.15) is 0 Å². The number of aliphatic carboxylic acids is 1. The van der Waals surface area contributed by atoms with Crippen molar-refractivity contribution in [3.05, 3.63) is 0 Å². The van der Waals surface area contributed by atoms with E-state index in [1.54, 1.807) is 0 Å². The second-order valence-electron chi connectivity index (χ2n) is 6.17. The first-order chi connectivity index (χ1) is 10.1. The van der Waals surface area contributed by atoms with Crippen LogP contribution >= 0.6 is 0 Å². The lowest BCUT2D eigenvalue weighted by atomic mass is 9.76. The Morgan fingerprint density at radius 3 is 2.43 bits per heavy atom. The number of piperidine rings is 1. The number of ether oxygens (including phenoxy) is 1. The summed E-state index contributed by atoms with van der Waals surface area (Å²) in [6.07, 6.45) is 3.67. The normalized spacial score (nSPS) is 23.7.